The summed E-state index contributed by atoms with van der Waals surface area (Å²) in [6, 6.07) is 4.05. The lowest BCUT2D eigenvalue weighted by molar-refractivity contribution is 0.260. The van der Waals surface area contributed by atoms with E-state index < -0.39 is 0 Å². The van der Waals surface area contributed by atoms with Crippen LogP contribution in [0.15, 0.2) is 18.3 Å². The summed E-state index contributed by atoms with van der Waals surface area (Å²) in [7, 11) is 0. The maximum Gasteiger partial charge on any atom is 0.0434 e. The Bertz CT molecular complexity index is 289. The van der Waals surface area contributed by atoms with Gasteiger partial charge >= 0.3 is 0 Å². The van der Waals surface area contributed by atoms with Crippen molar-refractivity contribution in [1.29, 1.82) is 0 Å². The van der Waals surface area contributed by atoms with Crippen molar-refractivity contribution in [3.8, 4) is 0 Å². The van der Waals surface area contributed by atoms with Gasteiger partial charge in [0.2, 0.25) is 0 Å². The molecule has 1 rings (SSSR count). The van der Waals surface area contributed by atoms with Gasteiger partial charge in [-0.05, 0) is 37.4 Å². The minimum atomic E-state index is 0.273. The lowest BCUT2D eigenvalue weighted by Gasteiger charge is -2.11. The smallest absolute Gasteiger partial charge is 0.0434 e. The molecule has 3 heteroatoms. The van der Waals surface area contributed by atoms with E-state index in [2.05, 4.69) is 23.3 Å². The van der Waals surface area contributed by atoms with Crippen molar-refractivity contribution in [3.63, 3.8) is 0 Å². The summed E-state index contributed by atoms with van der Waals surface area (Å²) in [5.41, 5.74) is 2.33. The molecule has 0 saturated carbocycles. The molecule has 0 aliphatic rings. The van der Waals surface area contributed by atoms with Gasteiger partial charge in [-0.2, -0.15) is 0 Å². The number of aryl methyl sites for hydroxylation is 1. The quantitative estimate of drug-likeness (QED) is 0.744. The molecule has 3 nitrogen and oxygen atoms in total. The molecule has 0 aliphatic carbocycles. The third-order valence-corrected chi connectivity index (χ3v) is 2.55. The number of hydrogen-bond acceptors (Lipinski definition) is 3. The summed E-state index contributed by atoms with van der Waals surface area (Å²) in [5, 5.41) is 12.1. The normalized spacial score (nSPS) is 12.7. The fourth-order valence-electron chi connectivity index (χ4n) is 1.48. The third kappa shape index (κ3) is 4.40. The number of aromatic nitrogens is 1. The monoisotopic (exact) mass is 208 g/mol. The Balaban J connectivity index is 2.29. The summed E-state index contributed by atoms with van der Waals surface area (Å²) >= 11 is 0. The second-order valence-electron chi connectivity index (χ2n) is 4.00. The minimum absolute atomic E-state index is 0.273. The van der Waals surface area contributed by atoms with Crippen molar-refractivity contribution >= 4 is 0 Å². The molecule has 0 spiro atoms. The Labute approximate surface area is 91.5 Å². The highest BCUT2D eigenvalue weighted by Gasteiger charge is 2.01. The zero-order chi connectivity index (χ0) is 11.1. The molecule has 84 valence electrons. The molecule has 1 aromatic rings. The molecule has 1 heterocycles. The SMILES string of the molecule is Cc1ncccc1CNCC(C)CCO. The van der Waals surface area contributed by atoms with Crippen LogP contribution in [0, 0.1) is 12.8 Å². The van der Waals surface area contributed by atoms with Gasteiger partial charge in [-0.15, -0.1) is 0 Å². The topological polar surface area (TPSA) is 45.2 Å². The number of pyridine rings is 1. The van der Waals surface area contributed by atoms with Gasteiger partial charge in [0.15, 0.2) is 0 Å². The van der Waals surface area contributed by atoms with E-state index in [4.69, 9.17) is 5.11 Å². The van der Waals surface area contributed by atoms with E-state index in [1.165, 1.54) is 5.56 Å². The molecule has 0 bridgehead atoms. The van der Waals surface area contributed by atoms with E-state index in [-0.39, 0.29) is 6.61 Å². The predicted octanol–water partition coefficient (Wildman–Crippen LogP) is 1.50. The zero-order valence-electron chi connectivity index (χ0n) is 9.53. The van der Waals surface area contributed by atoms with Crippen LogP contribution >= 0.6 is 0 Å². The summed E-state index contributed by atoms with van der Waals surface area (Å²) in [6.07, 6.45) is 2.67. The van der Waals surface area contributed by atoms with Crippen LogP contribution in [0.25, 0.3) is 0 Å². The van der Waals surface area contributed by atoms with Gasteiger partial charge in [0.25, 0.3) is 0 Å². The molecule has 2 N–H and O–H groups in total. The van der Waals surface area contributed by atoms with E-state index in [1.54, 1.807) is 0 Å². The van der Waals surface area contributed by atoms with E-state index in [0.717, 1.165) is 25.2 Å². The van der Waals surface area contributed by atoms with Gasteiger partial charge in [-0.3, -0.25) is 4.98 Å². The number of rotatable bonds is 6. The highest BCUT2D eigenvalue weighted by atomic mass is 16.3. The van der Waals surface area contributed by atoms with Crippen LogP contribution in [0.2, 0.25) is 0 Å². The fourth-order valence-corrected chi connectivity index (χ4v) is 1.48. The molecule has 0 fully saturated rings. The Hall–Kier alpha value is -0.930. The number of aliphatic hydroxyl groups is 1. The van der Waals surface area contributed by atoms with Crippen LogP contribution in [-0.4, -0.2) is 23.2 Å². The maximum absolute atomic E-state index is 8.76. The lowest BCUT2D eigenvalue weighted by atomic mass is 10.1. The van der Waals surface area contributed by atoms with Gasteiger partial charge in [0, 0.05) is 25.0 Å². The molecule has 0 amide bonds. The van der Waals surface area contributed by atoms with Crippen molar-refractivity contribution in [2.45, 2.75) is 26.8 Å². The highest BCUT2D eigenvalue weighted by molar-refractivity contribution is 5.17. The van der Waals surface area contributed by atoms with Gasteiger partial charge in [0.05, 0.1) is 0 Å². The van der Waals surface area contributed by atoms with Gasteiger partial charge < -0.3 is 10.4 Å². The standard InChI is InChI=1S/C12H20N2O/c1-10(5-7-15)8-13-9-12-4-3-6-14-11(12)2/h3-4,6,10,13,15H,5,7-9H2,1-2H3. The van der Waals surface area contributed by atoms with Crippen molar-refractivity contribution in [3.05, 3.63) is 29.6 Å². The van der Waals surface area contributed by atoms with Crippen molar-refractivity contribution in [1.82, 2.24) is 10.3 Å². The van der Waals surface area contributed by atoms with Crippen LogP contribution in [-0.2, 0) is 6.54 Å². The Morgan fingerprint density at radius 3 is 3.00 bits per heavy atom. The van der Waals surface area contributed by atoms with E-state index in [9.17, 15) is 0 Å². The van der Waals surface area contributed by atoms with Crippen LogP contribution in [0.5, 0.6) is 0 Å². The summed E-state index contributed by atoms with van der Waals surface area (Å²) < 4.78 is 0. The van der Waals surface area contributed by atoms with E-state index in [0.29, 0.717) is 5.92 Å². The first-order valence-corrected chi connectivity index (χ1v) is 5.46. The van der Waals surface area contributed by atoms with Crippen LogP contribution in [0.3, 0.4) is 0 Å². The average molecular weight is 208 g/mol. The Kier molecular flexibility index (Phi) is 5.29. The largest absolute Gasteiger partial charge is 0.396 e. The summed E-state index contributed by atoms with van der Waals surface area (Å²) in [4.78, 5) is 4.23. The highest BCUT2D eigenvalue weighted by Crippen LogP contribution is 2.04. The van der Waals surface area contributed by atoms with Gasteiger partial charge in [-0.25, -0.2) is 0 Å². The molecule has 0 aliphatic heterocycles. The molecule has 0 saturated heterocycles. The summed E-state index contributed by atoms with van der Waals surface area (Å²) in [6.45, 7) is 6.23. The molecular weight excluding hydrogens is 188 g/mol. The molecular formula is C12H20N2O. The second-order valence-corrected chi connectivity index (χ2v) is 4.00. The van der Waals surface area contributed by atoms with Gasteiger partial charge in [-0.1, -0.05) is 13.0 Å². The summed E-state index contributed by atoms with van der Waals surface area (Å²) in [5.74, 6) is 0.520. The third-order valence-electron chi connectivity index (χ3n) is 2.55. The molecule has 0 radical (unpaired) electrons. The fraction of sp³-hybridized carbons (Fsp3) is 0.583. The number of nitrogens with one attached hydrogen (secondary N) is 1. The minimum Gasteiger partial charge on any atom is -0.396 e. The van der Waals surface area contributed by atoms with Crippen molar-refractivity contribution in [2.75, 3.05) is 13.2 Å². The van der Waals surface area contributed by atoms with Crippen LogP contribution in [0.4, 0.5) is 0 Å². The lowest BCUT2D eigenvalue weighted by Crippen LogP contribution is -2.21. The molecule has 15 heavy (non-hydrogen) atoms. The second kappa shape index (κ2) is 6.53. The molecule has 1 aromatic heterocycles. The number of nitrogens with zero attached hydrogens (tertiary/aromatic N) is 1. The average Bonchev–Trinajstić information content (AvgIpc) is 2.21. The first kappa shape index (κ1) is 12.1. The first-order chi connectivity index (χ1) is 7.24. The van der Waals surface area contributed by atoms with Gasteiger partial charge in [0.1, 0.15) is 0 Å². The number of hydrogen-bond donors (Lipinski definition) is 2. The zero-order valence-corrected chi connectivity index (χ0v) is 9.53. The van der Waals surface area contributed by atoms with E-state index >= 15 is 0 Å². The Morgan fingerprint density at radius 2 is 2.33 bits per heavy atom. The molecule has 0 aromatic carbocycles. The molecule has 1 atom stereocenters. The van der Waals surface area contributed by atoms with E-state index in [1.807, 2.05) is 19.2 Å². The molecule has 1 unspecified atom stereocenters. The van der Waals surface area contributed by atoms with Crippen LogP contribution in [0.1, 0.15) is 24.6 Å². The maximum atomic E-state index is 8.76. The number of aliphatic hydroxyl groups excluding tert-OH is 1. The first-order valence-electron chi connectivity index (χ1n) is 5.46. The Morgan fingerprint density at radius 1 is 1.53 bits per heavy atom. The van der Waals surface area contributed by atoms with Crippen molar-refractivity contribution < 1.29 is 5.11 Å². The van der Waals surface area contributed by atoms with Crippen molar-refractivity contribution in [2.24, 2.45) is 5.92 Å². The van der Waals surface area contributed by atoms with Crippen LogP contribution < -0.4 is 5.32 Å². The predicted molar refractivity (Wildman–Crippen MR) is 61.5 cm³/mol.